The molecule has 0 amide bonds. The molecule has 1 N–H and O–H groups in total. The SMILES string of the molecule is CCCC[C@H]1C(=O)CC[C@H]2[C@@H]1CC(=O)[C@@H]2C/C=C\CCCC(=O)O. The van der Waals surface area contributed by atoms with E-state index >= 15 is 0 Å². The van der Waals surface area contributed by atoms with Gasteiger partial charge in [0, 0.05) is 31.1 Å². The third-order valence-electron chi connectivity index (χ3n) is 5.76. The third kappa shape index (κ3) is 4.78. The number of carbonyl (C=O) groups excluding carboxylic acids is 2. The van der Waals surface area contributed by atoms with Gasteiger partial charge >= 0.3 is 5.97 Å². The van der Waals surface area contributed by atoms with E-state index in [1.807, 2.05) is 12.2 Å². The standard InChI is InChI=1S/C20H30O4/c1-2-3-8-16-17-13-19(22)15(14(17)11-12-18(16)21)9-6-4-5-7-10-20(23)24/h4,6,14-17H,2-3,5,7-13H2,1H3,(H,23,24)/b6-4-/t14-,15-,16-,17+/m1/s1. The number of carbonyl (C=O) groups is 3. The quantitative estimate of drug-likeness (QED) is 0.507. The van der Waals surface area contributed by atoms with Gasteiger partial charge < -0.3 is 5.11 Å². The Kier molecular flexibility index (Phi) is 7.19. The van der Waals surface area contributed by atoms with Crippen molar-refractivity contribution in [3.05, 3.63) is 12.2 Å². The van der Waals surface area contributed by atoms with Crippen molar-refractivity contribution in [2.45, 2.75) is 71.1 Å². The van der Waals surface area contributed by atoms with E-state index in [2.05, 4.69) is 6.92 Å². The molecular formula is C20H30O4. The molecule has 0 spiro atoms. The molecule has 24 heavy (non-hydrogen) atoms. The van der Waals surface area contributed by atoms with Crippen LogP contribution in [0.2, 0.25) is 0 Å². The highest BCUT2D eigenvalue weighted by Gasteiger charge is 2.48. The highest BCUT2D eigenvalue weighted by atomic mass is 16.4. The van der Waals surface area contributed by atoms with Gasteiger partial charge in [-0.3, -0.25) is 14.4 Å². The van der Waals surface area contributed by atoms with Gasteiger partial charge in [0.15, 0.2) is 0 Å². The number of carboxylic acid groups (broad SMARTS) is 1. The zero-order valence-electron chi connectivity index (χ0n) is 14.7. The summed E-state index contributed by atoms with van der Waals surface area (Å²) in [5.41, 5.74) is 0. The average molecular weight is 334 g/mol. The number of ketones is 2. The molecule has 4 atom stereocenters. The summed E-state index contributed by atoms with van der Waals surface area (Å²) < 4.78 is 0. The lowest BCUT2D eigenvalue weighted by Crippen LogP contribution is -2.34. The predicted octanol–water partition coefficient (Wildman–Crippen LogP) is 4.18. The van der Waals surface area contributed by atoms with E-state index in [0.717, 1.165) is 38.5 Å². The molecule has 4 heteroatoms. The number of rotatable bonds is 9. The van der Waals surface area contributed by atoms with Gasteiger partial charge in [-0.25, -0.2) is 0 Å². The van der Waals surface area contributed by atoms with Crippen molar-refractivity contribution in [3.8, 4) is 0 Å². The molecule has 2 fully saturated rings. The van der Waals surface area contributed by atoms with Crippen LogP contribution in [0.25, 0.3) is 0 Å². The van der Waals surface area contributed by atoms with Gasteiger partial charge in [0.2, 0.25) is 0 Å². The van der Waals surface area contributed by atoms with E-state index in [9.17, 15) is 14.4 Å². The number of carboxylic acids is 1. The summed E-state index contributed by atoms with van der Waals surface area (Å²) in [4.78, 5) is 35.2. The number of hydrogen-bond acceptors (Lipinski definition) is 3. The maximum Gasteiger partial charge on any atom is 0.303 e. The first kappa shape index (κ1) is 18.9. The molecule has 0 aromatic carbocycles. The van der Waals surface area contributed by atoms with E-state index in [-0.39, 0.29) is 24.2 Å². The summed E-state index contributed by atoms with van der Waals surface area (Å²) >= 11 is 0. The molecule has 0 saturated heterocycles. The van der Waals surface area contributed by atoms with Crippen molar-refractivity contribution in [2.24, 2.45) is 23.7 Å². The summed E-state index contributed by atoms with van der Waals surface area (Å²) in [7, 11) is 0. The lowest BCUT2D eigenvalue weighted by molar-refractivity contribution is -0.137. The molecule has 0 radical (unpaired) electrons. The fourth-order valence-corrected chi connectivity index (χ4v) is 4.50. The highest BCUT2D eigenvalue weighted by Crippen LogP contribution is 2.48. The summed E-state index contributed by atoms with van der Waals surface area (Å²) in [5.74, 6) is 0.775. The second-order valence-corrected chi connectivity index (χ2v) is 7.35. The van der Waals surface area contributed by atoms with Crippen LogP contribution in [0.5, 0.6) is 0 Å². The molecule has 4 nitrogen and oxygen atoms in total. The van der Waals surface area contributed by atoms with Crippen molar-refractivity contribution < 1.29 is 19.5 Å². The Hall–Kier alpha value is -1.45. The largest absolute Gasteiger partial charge is 0.481 e. The minimum atomic E-state index is -0.762. The van der Waals surface area contributed by atoms with Crippen LogP contribution in [0.15, 0.2) is 12.2 Å². The first-order valence-electron chi connectivity index (χ1n) is 9.46. The van der Waals surface area contributed by atoms with Gasteiger partial charge in [-0.05, 0) is 43.9 Å². The zero-order valence-corrected chi connectivity index (χ0v) is 14.7. The molecule has 0 aromatic heterocycles. The minimum Gasteiger partial charge on any atom is -0.481 e. The molecule has 0 bridgehead atoms. The number of fused-ring (bicyclic) bond motifs is 1. The Bertz CT molecular complexity index is 494. The average Bonchev–Trinajstić information content (AvgIpc) is 2.85. The molecule has 0 heterocycles. The third-order valence-corrected chi connectivity index (χ3v) is 5.76. The fraction of sp³-hybridized carbons (Fsp3) is 0.750. The van der Waals surface area contributed by atoms with Crippen LogP contribution in [0, 0.1) is 23.7 Å². The molecule has 2 aliphatic carbocycles. The first-order valence-corrected chi connectivity index (χ1v) is 9.46. The Labute approximate surface area is 144 Å². The van der Waals surface area contributed by atoms with Crippen molar-refractivity contribution in [1.82, 2.24) is 0 Å². The number of aliphatic carboxylic acids is 1. The maximum atomic E-state index is 12.5. The first-order chi connectivity index (χ1) is 11.5. The zero-order chi connectivity index (χ0) is 17.5. The highest BCUT2D eigenvalue weighted by molar-refractivity contribution is 5.88. The van der Waals surface area contributed by atoms with Gasteiger partial charge in [0.1, 0.15) is 11.6 Å². The lowest BCUT2D eigenvalue weighted by Gasteiger charge is -2.34. The lowest BCUT2D eigenvalue weighted by atomic mass is 9.69. The van der Waals surface area contributed by atoms with E-state index in [4.69, 9.17) is 5.11 Å². The van der Waals surface area contributed by atoms with E-state index < -0.39 is 5.97 Å². The van der Waals surface area contributed by atoms with E-state index in [0.29, 0.717) is 36.7 Å². The van der Waals surface area contributed by atoms with Crippen LogP contribution in [0.1, 0.15) is 71.1 Å². The molecule has 2 rings (SSSR count). The molecule has 134 valence electrons. The van der Waals surface area contributed by atoms with E-state index in [1.165, 1.54) is 0 Å². The Morgan fingerprint density at radius 2 is 1.92 bits per heavy atom. The summed E-state index contributed by atoms with van der Waals surface area (Å²) in [5, 5.41) is 8.62. The Morgan fingerprint density at radius 3 is 2.62 bits per heavy atom. The van der Waals surface area contributed by atoms with Gasteiger partial charge in [-0.1, -0.05) is 31.9 Å². The van der Waals surface area contributed by atoms with Gasteiger partial charge in [0.25, 0.3) is 0 Å². The minimum absolute atomic E-state index is 0.0722. The second kappa shape index (κ2) is 9.14. The van der Waals surface area contributed by atoms with Crippen molar-refractivity contribution in [3.63, 3.8) is 0 Å². The molecule has 0 aliphatic heterocycles. The molecule has 0 aromatic rings. The molecule has 2 saturated carbocycles. The van der Waals surface area contributed by atoms with Crippen LogP contribution in [0.3, 0.4) is 0 Å². The maximum absolute atomic E-state index is 12.5. The summed E-state index contributed by atoms with van der Waals surface area (Å²) in [6.07, 6.45) is 11.6. The van der Waals surface area contributed by atoms with Gasteiger partial charge in [-0.15, -0.1) is 0 Å². The van der Waals surface area contributed by atoms with Crippen LogP contribution >= 0.6 is 0 Å². The normalized spacial score (nSPS) is 30.0. The van der Waals surface area contributed by atoms with Crippen molar-refractivity contribution in [2.75, 3.05) is 0 Å². The summed E-state index contributed by atoms with van der Waals surface area (Å²) in [6.45, 7) is 2.14. The topological polar surface area (TPSA) is 71.4 Å². The van der Waals surface area contributed by atoms with Crippen LogP contribution in [-0.4, -0.2) is 22.6 Å². The smallest absolute Gasteiger partial charge is 0.303 e. The fourth-order valence-electron chi connectivity index (χ4n) is 4.50. The number of allylic oxidation sites excluding steroid dienone is 2. The second-order valence-electron chi connectivity index (χ2n) is 7.35. The van der Waals surface area contributed by atoms with E-state index in [1.54, 1.807) is 0 Å². The Morgan fingerprint density at radius 1 is 1.12 bits per heavy atom. The Balaban J connectivity index is 1.88. The molecular weight excluding hydrogens is 304 g/mol. The van der Waals surface area contributed by atoms with Crippen molar-refractivity contribution >= 4 is 17.5 Å². The van der Waals surface area contributed by atoms with Gasteiger partial charge in [0.05, 0.1) is 0 Å². The molecule has 2 aliphatic rings. The van der Waals surface area contributed by atoms with Crippen LogP contribution in [0.4, 0.5) is 0 Å². The monoisotopic (exact) mass is 334 g/mol. The predicted molar refractivity (Wildman–Crippen MR) is 92.6 cm³/mol. The summed E-state index contributed by atoms with van der Waals surface area (Å²) in [6, 6.07) is 0. The van der Waals surface area contributed by atoms with Crippen molar-refractivity contribution in [1.29, 1.82) is 0 Å². The number of unbranched alkanes of at least 4 members (excludes halogenated alkanes) is 2. The van der Waals surface area contributed by atoms with Crippen LogP contribution in [-0.2, 0) is 14.4 Å². The number of Topliss-reactive ketones (excluding diaryl/α,β-unsaturated/α-hetero) is 2. The molecule has 0 unspecified atom stereocenters. The van der Waals surface area contributed by atoms with Gasteiger partial charge in [-0.2, -0.15) is 0 Å². The van der Waals surface area contributed by atoms with Crippen LogP contribution < -0.4 is 0 Å². The number of hydrogen-bond donors (Lipinski definition) is 1.